The summed E-state index contributed by atoms with van der Waals surface area (Å²) in [5, 5.41) is 4.03. The van der Waals surface area contributed by atoms with Crippen molar-refractivity contribution in [3.63, 3.8) is 0 Å². The molecule has 0 saturated carbocycles. The van der Waals surface area contributed by atoms with E-state index in [0.717, 1.165) is 12.0 Å². The van der Waals surface area contributed by atoms with Crippen molar-refractivity contribution in [2.45, 2.75) is 33.1 Å². The number of benzene rings is 2. The quantitative estimate of drug-likeness (QED) is 0.607. The predicted octanol–water partition coefficient (Wildman–Crippen LogP) is 4.36. The van der Waals surface area contributed by atoms with Crippen molar-refractivity contribution in [1.29, 1.82) is 0 Å². The predicted molar refractivity (Wildman–Crippen MR) is 97.8 cm³/mol. The van der Waals surface area contributed by atoms with Crippen molar-refractivity contribution in [3.8, 4) is 5.75 Å². The Morgan fingerprint density at radius 3 is 2.54 bits per heavy atom. The van der Waals surface area contributed by atoms with Crippen molar-refractivity contribution in [1.82, 2.24) is 5.43 Å². The molecule has 0 atom stereocenters. The highest BCUT2D eigenvalue weighted by molar-refractivity contribution is 5.97. The van der Waals surface area contributed by atoms with Crippen molar-refractivity contribution in [3.05, 3.63) is 65.2 Å². The summed E-state index contributed by atoms with van der Waals surface area (Å²) < 4.78 is 5.59. The molecular formula is C20H24N2O2. The van der Waals surface area contributed by atoms with Gasteiger partial charge in [-0.1, -0.05) is 57.2 Å². The van der Waals surface area contributed by atoms with Crippen LogP contribution in [0.15, 0.2) is 53.6 Å². The number of rotatable bonds is 7. The van der Waals surface area contributed by atoms with Crippen LogP contribution in [0.25, 0.3) is 0 Å². The normalized spacial score (nSPS) is 11.0. The lowest BCUT2D eigenvalue weighted by Gasteiger charge is -2.09. The molecule has 0 bridgehead atoms. The molecule has 0 radical (unpaired) electrons. The fourth-order valence-corrected chi connectivity index (χ4v) is 2.18. The van der Waals surface area contributed by atoms with Gasteiger partial charge in [-0.25, -0.2) is 5.43 Å². The fourth-order valence-electron chi connectivity index (χ4n) is 2.18. The Balaban J connectivity index is 2.00. The molecule has 0 unspecified atom stereocenters. The maximum atomic E-state index is 12.3. The van der Waals surface area contributed by atoms with Gasteiger partial charge in [-0.05, 0) is 35.6 Å². The highest BCUT2D eigenvalue weighted by Gasteiger charge is 2.10. The summed E-state index contributed by atoms with van der Waals surface area (Å²) in [6.07, 6.45) is 2.53. The van der Waals surface area contributed by atoms with E-state index in [4.69, 9.17) is 4.74 Å². The number of para-hydroxylation sites is 1. The number of nitrogens with zero attached hydrogens (tertiary/aromatic N) is 1. The third kappa shape index (κ3) is 4.95. The second kappa shape index (κ2) is 8.87. The largest absolute Gasteiger partial charge is 0.493 e. The van der Waals surface area contributed by atoms with Gasteiger partial charge in [0, 0.05) is 0 Å². The van der Waals surface area contributed by atoms with E-state index in [2.05, 4.69) is 36.5 Å². The second-order valence-corrected chi connectivity index (χ2v) is 5.87. The first kappa shape index (κ1) is 17.7. The number of ether oxygens (including phenoxy) is 1. The molecule has 126 valence electrons. The van der Waals surface area contributed by atoms with Gasteiger partial charge in [0.25, 0.3) is 5.91 Å². The van der Waals surface area contributed by atoms with Crippen LogP contribution in [0.2, 0.25) is 0 Å². The average molecular weight is 324 g/mol. The number of amides is 1. The average Bonchev–Trinajstić information content (AvgIpc) is 2.60. The van der Waals surface area contributed by atoms with Crippen molar-refractivity contribution < 1.29 is 9.53 Å². The van der Waals surface area contributed by atoms with Crippen LogP contribution >= 0.6 is 0 Å². The highest BCUT2D eigenvalue weighted by Crippen LogP contribution is 2.18. The van der Waals surface area contributed by atoms with Crippen LogP contribution in [0, 0.1) is 0 Å². The minimum absolute atomic E-state index is 0.281. The molecule has 2 rings (SSSR count). The Bertz CT molecular complexity index is 691. The smallest absolute Gasteiger partial charge is 0.275 e. The topological polar surface area (TPSA) is 50.7 Å². The third-order valence-electron chi connectivity index (χ3n) is 3.58. The Hall–Kier alpha value is -2.62. The summed E-state index contributed by atoms with van der Waals surface area (Å²) in [7, 11) is 0. The zero-order chi connectivity index (χ0) is 17.4. The Morgan fingerprint density at radius 1 is 1.17 bits per heavy atom. The molecule has 0 aliphatic carbocycles. The lowest BCUT2D eigenvalue weighted by atomic mass is 10.0. The summed E-state index contributed by atoms with van der Waals surface area (Å²) in [6.45, 7) is 6.91. The van der Waals surface area contributed by atoms with Crippen LogP contribution in [0.4, 0.5) is 0 Å². The lowest BCUT2D eigenvalue weighted by Crippen LogP contribution is -2.18. The second-order valence-electron chi connectivity index (χ2n) is 5.87. The molecule has 0 aromatic heterocycles. The summed E-state index contributed by atoms with van der Waals surface area (Å²) in [4.78, 5) is 12.3. The molecule has 0 fully saturated rings. The summed E-state index contributed by atoms with van der Waals surface area (Å²) in [5.41, 5.74) is 5.25. The number of hydrogen-bond donors (Lipinski definition) is 1. The fraction of sp³-hybridized carbons (Fsp3) is 0.300. The minimum Gasteiger partial charge on any atom is -0.493 e. The van der Waals surface area contributed by atoms with Crippen LogP contribution in [-0.4, -0.2) is 18.7 Å². The molecule has 2 aromatic rings. The van der Waals surface area contributed by atoms with Crippen LogP contribution in [-0.2, 0) is 0 Å². The van der Waals surface area contributed by atoms with Crippen LogP contribution < -0.4 is 10.2 Å². The van der Waals surface area contributed by atoms with Crippen LogP contribution in [0.3, 0.4) is 0 Å². The molecule has 24 heavy (non-hydrogen) atoms. The molecule has 1 N–H and O–H groups in total. The summed E-state index contributed by atoms with van der Waals surface area (Å²) in [6, 6.07) is 15.3. The number of nitrogens with one attached hydrogen (secondary N) is 1. The molecule has 2 aromatic carbocycles. The monoisotopic (exact) mass is 324 g/mol. The van der Waals surface area contributed by atoms with E-state index >= 15 is 0 Å². The first-order valence-electron chi connectivity index (χ1n) is 8.27. The molecule has 0 saturated heterocycles. The maximum Gasteiger partial charge on any atom is 0.275 e. The third-order valence-corrected chi connectivity index (χ3v) is 3.58. The molecule has 4 heteroatoms. The van der Waals surface area contributed by atoms with E-state index in [1.54, 1.807) is 18.3 Å². The molecular weight excluding hydrogens is 300 g/mol. The number of hydrogen-bond acceptors (Lipinski definition) is 3. The zero-order valence-corrected chi connectivity index (χ0v) is 14.5. The lowest BCUT2D eigenvalue weighted by molar-refractivity contribution is 0.0951. The molecule has 0 heterocycles. The minimum atomic E-state index is -0.281. The molecule has 1 amide bonds. The van der Waals surface area contributed by atoms with Gasteiger partial charge in [0.05, 0.1) is 18.4 Å². The molecule has 0 aliphatic heterocycles. The van der Waals surface area contributed by atoms with Gasteiger partial charge in [0.15, 0.2) is 0 Å². The van der Waals surface area contributed by atoms with Gasteiger partial charge < -0.3 is 4.74 Å². The zero-order valence-electron chi connectivity index (χ0n) is 14.5. The van der Waals surface area contributed by atoms with Gasteiger partial charge in [-0.15, -0.1) is 0 Å². The van der Waals surface area contributed by atoms with E-state index in [-0.39, 0.29) is 5.91 Å². The SMILES string of the molecule is CCCOc1ccccc1C(=O)N/N=C/c1ccc(C(C)C)cc1. The van der Waals surface area contributed by atoms with Gasteiger partial charge in [0.1, 0.15) is 5.75 Å². The molecule has 0 aliphatic rings. The van der Waals surface area contributed by atoms with Crippen molar-refractivity contribution in [2.24, 2.45) is 5.10 Å². The van der Waals surface area contributed by atoms with Crippen LogP contribution in [0.5, 0.6) is 5.75 Å². The summed E-state index contributed by atoms with van der Waals surface area (Å²) >= 11 is 0. The summed E-state index contributed by atoms with van der Waals surface area (Å²) in [5.74, 6) is 0.792. The maximum absolute atomic E-state index is 12.3. The first-order valence-corrected chi connectivity index (χ1v) is 8.27. The van der Waals surface area contributed by atoms with E-state index in [9.17, 15) is 4.79 Å². The van der Waals surface area contributed by atoms with E-state index in [1.807, 2.05) is 31.2 Å². The van der Waals surface area contributed by atoms with E-state index in [0.29, 0.717) is 23.8 Å². The van der Waals surface area contributed by atoms with E-state index < -0.39 is 0 Å². The number of hydrazone groups is 1. The number of carbonyl (C=O) groups is 1. The van der Waals surface area contributed by atoms with Gasteiger partial charge >= 0.3 is 0 Å². The van der Waals surface area contributed by atoms with Gasteiger partial charge in [-0.2, -0.15) is 5.10 Å². The Morgan fingerprint density at radius 2 is 1.88 bits per heavy atom. The highest BCUT2D eigenvalue weighted by atomic mass is 16.5. The van der Waals surface area contributed by atoms with Gasteiger partial charge in [-0.3, -0.25) is 4.79 Å². The Labute approximate surface area is 143 Å². The van der Waals surface area contributed by atoms with Crippen molar-refractivity contribution in [2.75, 3.05) is 6.61 Å². The van der Waals surface area contributed by atoms with Crippen molar-refractivity contribution >= 4 is 12.1 Å². The standard InChI is InChI=1S/C20H24N2O2/c1-4-13-24-19-8-6-5-7-18(19)20(23)22-21-14-16-9-11-17(12-10-16)15(2)3/h5-12,14-15H,4,13H2,1-3H3,(H,22,23)/b21-14+. The molecule has 4 nitrogen and oxygen atoms in total. The van der Waals surface area contributed by atoms with E-state index in [1.165, 1.54) is 5.56 Å². The number of carbonyl (C=O) groups excluding carboxylic acids is 1. The Kier molecular flexibility index (Phi) is 6.55. The molecule has 0 spiro atoms. The first-order chi connectivity index (χ1) is 11.6. The van der Waals surface area contributed by atoms with Crippen LogP contribution in [0.1, 0.15) is 54.6 Å². The van der Waals surface area contributed by atoms with Gasteiger partial charge in [0.2, 0.25) is 0 Å².